The predicted octanol–water partition coefficient (Wildman–Crippen LogP) is 4.19. The summed E-state index contributed by atoms with van der Waals surface area (Å²) in [5, 5.41) is 0.946. The molecule has 15 heavy (non-hydrogen) atoms. The van der Waals surface area contributed by atoms with Crippen molar-refractivity contribution in [1.82, 2.24) is 4.98 Å². The summed E-state index contributed by atoms with van der Waals surface area (Å²) in [6.45, 7) is 0. The molecule has 0 aliphatic carbocycles. The molecule has 0 aliphatic heterocycles. The monoisotopic (exact) mass is 241 g/mol. The van der Waals surface area contributed by atoms with E-state index in [1.807, 2.05) is 0 Å². The summed E-state index contributed by atoms with van der Waals surface area (Å²) in [6.07, 6.45) is 1.39. The smallest absolute Gasteiger partial charge is 0.220 e. The van der Waals surface area contributed by atoms with E-state index in [-0.39, 0.29) is 0 Å². The van der Waals surface area contributed by atoms with Crippen molar-refractivity contribution in [2.45, 2.75) is 0 Å². The maximum absolute atomic E-state index is 13.3. The number of halogens is 3. The highest BCUT2D eigenvalue weighted by molar-refractivity contribution is 6.35. The van der Waals surface area contributed by atoms with Gasteiger partial charge < -0.3 is 0 Å². The summed E-state index contributed by atoms with van der Waals surface area (Å²) in [7, 11) is 0. The van der Waals surface area contributed by atoms with Crippen LogP contribution in [0.3, 0.4) is 0 Å². The fourth-order valence-corrected chi connectivity index (χ4v) is 1.84. The van der Waals surface area contributed by atoms with Crippen LogP contribution in [0.5, 0.6) is 0 Å². The Morgan fingerprint density at radius 1 is 1.07 bits per heavy atom. The molecule has 1 heterocycles. The lowest BCUT2D eigenvalue weighted by molar-refractivity contribution is 0.587. The molecule has 4 heteroatoms. The average molecular weight is 242 g/mol. The van der Waals surface area contributed by atoms with Gasteiger partial charge in [-0.1, -0.05) is 23.2 Å². The Balaban J connectivity index is 2.59. The maximum Gasteiger partial charge on any atom is 0.220 e. The Bertz CT molecular complexity index is 479. The largest absolute Gasteiger partial charge is 0.228 e. The molecule has 0 radical (unpaired) electrons. The van der Waals surface area contributed by atoms with E-state index in [1.54, 1.807) is 30.3 Å². The van der Waals surface area contributed by atoms with Crippen molar-refractivity contribution >= 4 is 23.2 Å². The van der Waals surface area contributed by atoms with Crippen LogP contribution in [0.15, 0.2) is 36.5 Å². The highest BCUT2D eigenvalue weighted by Crippen LogP contribution is 2.27. The molecule has 0 amide bonds. The summed E-state index contributed by atoms with van der Waals surface area (Å²) in [5.41, 5.74) is 1.01. The van der Waals surface area contributed by atoms with Gasteiger partial charge >= 0.3 is 0 Å². The molecule has 0 aliphatic rings. The van der Waals surface area contributed by atoms with Crippen molar-refractivity contribution < 1.29 is 4.39 Å². The molecule has 2 aromatic rings. The molecule has 0 saturated heterocycles. The summed E-state index contributed by atoms with van der Waals surface area (Å²) in [5.74, 6) is -0.532. The van der Waals surface area contributed by atoms with Crippen LogP contribution in [0.4, 0.5) is 4.39 Å². The zero-order valence-electron chi connectivity index (χ0n) is 7.55. The second-order valence-corrected chi connectivity index (χ2v) is 3.87. The first-order valence-electron chi connectivity index (χ1n) is 4.24. The molecule has 1 nitrogen and oxygen atoms in total. The highest BCUT2D eigenvalue weighted by Gasteiger charge is 2.06. The van der Waals surface area contributed by atoms with Crippen LogP contribution in [-0.2, 0) is 0 Å². The number of rotatable bonds is 1. The number of hydrogen-bond donors (Lipinski definition) is 0. The quantitative estimate of drug-likeness (QED) is 0.683. The third-order valence-corrected chi connectivity index (χ3v) is 2.37. The SMILES string of the molecule is Fc1ncccc1-c1cc(Cl)cc(Cl)c1. The van der Waals surface area contributed by atoms with Crippen molar-refractivity contribution in [2.24, 2.45) is 0 Å². The van der Waals surface area contributed by atoms with Gasteiger partial charge in [0.15, 0.2) is 0 Å². The molecular formula is C11H6Cl2FN. The van der Waals surface area contributed by atoms with E-state index in [0.717, 1.165) is 0 Å². The normalized spacial score (nSPS) is 10.3. The lowest BCUT2D eigenvalue weighted by Crippen LogP contribution is -1.87. The van der Waals surface area contributed by atoms with Gasteiger partial charge in [-0.15, -0.1) is 0 Å². The molecule has 0 saturated carbocycles. The lowest BCUT2D eigenvalue weighted by Gasteiger charge is -2.03. The van der Waals surface area contributed by atoms with Crippen LogP contribution < -0.4 is 0 Å². The predicted molar refractivity (Wildman–Crippen MR) is 59.7 cm³/mol. The standard InChI is InChI=1S/C11H6Cl2FN/c12-8-4-7(5-9(13)6-8)10-2-1-3-15-11(10)14/h1-6H. The molecule has 0 N–H and O–H groups in total. The second kappa shape index (κ2) is 4.17. The van der Waals surface area contributed by atoms with Crippen molar-refractivity contribution in [3.8, 4) is 11.1 Å². The van der Waals surface area contributed by atoms with Crippen LogP contribution in [-0.4, -0.2) is 4.98 Å². The van der Waals surface area contributed by atoms with Crippen molar-refractivity contribution in [2.75, 3.05) is 0 Å². The lowest BCUT2D eigenvalue weighted by atomic mass is 10.1. The van der Waals surface area contributed by atoms with Gasteiger partial charge in [0, 0.05) is 21.8 Å². The summed E-state index contributed by atoms with van der Waals surface area (Å²) < 4.78 is 13.3. The minimum absolute atomic E-state index is 0.391. The first-order valence-corrected chi connectivity index (χ1v) is 4.99. The molecule has 0 fully saturated rings. The van der Waals surface area contributed by atoms with Gasteiger partial charge in [-0.25, -0.2) is 4.98 Å². The van der Waals surface area contributed by atoms with Crippen LogP contribution in [0, 0.1) is 5.95 Å². The molecule has 1 aromatic carbocycles. The van der Waals surface area contributed by atoms with E-state index in [4.69, 9.17) is 23.2 Å². The van der Waals surface area contributed by atoms with Crippen LogP contribution in [0.25, 0.3) is 11.1 Å². The molecule has 0 unspecified atom stereocenters. The average Bonchev–Trinajstić information content (AvgIpc) is 2.16. The summed E-state index contributed by atoms with van der Waals surface area (Å²) in [6, 6.07) is 8.18. The second-order valence-electron chi connectivity index (χ2n) is 3.00. The van der Waals surface area contributed by atoms with E-state index < -0.39 is 5.95 Å². The van der Waals surface area contributed by atoms with Crippen molar-refractivity contribution in [3.63, 3.8) is 0 Å². The van der Waals surface area contributed by atoms with E-state index in [9.17, 15) is 4.39 Å². The minimum atomic E-state index is -0.532. The molecule has 76 valence electrons. The molecule has 0 atom stereocenters. The van der Waals surface area contributed by atoms with Gasteiger partial charge in [-0.05, 0) is 35.9 Å². The Morgan fingerprint density at radius 2 is 1.73 bits per heavy atom. The molecule has 0 spiro atoms. The van der Waals surface area contributed by atoms with E-state index >= 15 is 0 Å². The van der Waals surface area contributed by atoms with E-state index in [2.05, 4.69) is 4.98 Å². The number of hydrogen-bond acceptors (Lipinski definition) is 1. The first kappa shape index (κ1) is 10.4. The summed E-state index contributed by atoms with van der Waals surface area (Å²) in [4.78, 5) is 3.56. The van der Waals surface area contributed by atoms with Crippen LogP contribution >= 0.6 is 23.2 Å². The Morgan fingerprint density at radius 3 is 2.33 bits per heavy atom. The molecule has 2 rings (SSSR count). The number of benzene rings is 1. The van der Waals surface area contributed by atoms with Crippen molar-refractivity contribution in [1.29, 1.82) is 0 Å². The molecular weight excluding hydrogens is 236 g/mol. The van der Waals surface area contributed by atoms with Gasteiger partial charge in [0.25, 0.3) is 0 Å². The zero-order chi connectivity index (χ0) is 10.8. The zero-order valence-corrected chi connectivity index (χ0v) is 9.06. The Hall–Kier alpha value is -1.12. The van der Waals surface area contributed by atoms with Gasteiger partial charge in [0.05, 0.1) is 0 Å². The van der Waals surface area contributed by atoms with Gasteiger partial charge in [-0.2, -0.15) is 4.39 Å². The minimum Gasteiger partial charge on any atom is -0.228 e. The first-order chi connectivity index (χ1) is 7.16. The number of pyridine rings is 1. The van der Waals surface area contributed by atoms with E-state index in [0.29, 0.717) is 21.2 Å². The van der Waals surface area contributed by atoms with Gasteiger partial charge in [0.1, 0.15) is 0 Å². The van der Waals surface area contributed by atoms with Crippen molar-refractivity contribution in [3.05, 3.63) is 52.5 Å². The fourth-order valence-electron chi connectivity index (χ4n) is 1.31. The third-order valence-electron chi connectivity index (χ3n) is 1.93. The Kier molecular flexibility index (Phi) is 2.89. The van der Waals surface area contributed by atoms with Gasteiger partial charge in [0.2, 0.25) is 5.95 Å². The van der Waals surface area contributed by atoms with E-state index in [1.165, 1.54) is 6.20 Å². The number of aromatic nitrogens is 1. The van der Waals surface area contributed by atoms with Crippen LogP contribution in [0.1, 0.15) is 0 Å². The fraction of sp³-hybridized carbons (Fsp3) is 0. The van der Waals surface area contributed by atoms with Crippen LogP contribution in [0.2, 0.25) is 10.0 Å². The topological polar surface area (TPSA) is 12.9 Å². The third kappa shape index (κ3) is 2.28. The molecule has 1 aromatic heterocycles. The highest BCUT2D eigenvalue weighted by atomic mass is 35.5. The van der Waals surface area contributed by atoms with Gasteiger partial charge in [-0.3, -0.25) is 0 Å². The molecule has 0 bridgehead atoms. The number of nitrogens with zero attached hydrogens (tertiary/aromatic N) is 1. The summed E-state index contributed by atoms with van der Waals surface area (Å²) >= 11 is 11.7. The maximum atomic E-state index is 13.3. The Labute approximate surface area is 96.5 Å².